The monoisotopic (exact) mass is 257 g/mol. The van der Waals surface area contributed by atoms with Gasteiger partial charge in [-0.15, -0.1) is 0 Å². The van der Waals surface area contributed by atoms with Crippen LogP contribution in [0.1, 0.15) is 28.4 Å². The van der Waals surface area contributed by atoms with Crippen molar-refractivity contribution in [2.45, 2.75) is 20.3 Å². The summed E-state index contributed by atoms with van der Waals surface area (Å²) in [4.78, 5) is 12.1. The standard InChI is InChI=1S/C16H16FNO/c1-3-12-6-4-5-7-15(12)18-16(19)13-9-8-11(2)14(17)10-13/h4-10H,3H2,1-2H3,(H,18,19). The third-order valence-corrected chi connectivity index (χ3v) is 3.08. The second-order valence-electron chi connectivity index (χ2n) is 4.43. The zero-order valence-corrected chi connectivity index (χ0v) is 11.0. The Balaban J connectivity index is 2.23. The lowest BCUT2D eigenvalue weighted by molar-refractivity contribution is 0.102. The maximum Gasteiger partial charge on any atom is 0.255 e. The topological polar surface area (TPSA) is 29.1 Å². The molecule has 0 spiro atoms. The van der Waals surface area contributed by atoms with Crippen LogP contribution in [0.3, 0.4) is 0 Å². The van der Waals surface area contributed by atoms with Gasteiger partial charge in [0, 0.05) is 11.3 Å². The summed E-state index contributed by atoms with van der Waals surface area (Å²) in [5.41, 5.74) is 2.69. The summed E-state index contributed by atoms with van der Waals surface area (Å²) < 4.78 is 13.4. The Bertz CT molecular complexity index is 607. The highest BCUT2D eigenvalue weighted by Gasteiger charge is 2.10. The van der Waals surface area contributed by atoms with Crippen LogP contribution in [0.4, 0.5) is 10.1 Å². The van der Waals surface area contributed by atoms with Crippen LogP contribution in [0.15, 0.2) is 42.5 Å². The number of carbonyl (C=O) groups excluding carboxylic acids is 1. The van der Waals surface area contributed by atoms with E-state index in [-0.39, 0.29) is 11.7 Å². The normalized spacial score (nSPS) is 10.3. The Morgan fingerprint density at radius 1 is 1.21 bits per heavy atom. The van der Waals surface area contributed by atoms with E-state index >= 15 is 0 Å². The lowest BCUT2D eigenvalue weighted by Crippen LogP contribution is -2.13. The molecule has 0 saturated carbocycles. The summed E-state index contributed by atoms with van der Waals surface area (Å²) in [6.45, 7) is 3.69. The smallest absolute Gasteiger partial charge is 0.255 e. The fourth-order valence-corrected chi connectivity index (χ4v) is 1.88. The van der Waals surface area contributed by atoms with Crippen LogP contribution >= 0.6 is 0 Å². The number of carbonyl (C=O) groups is 1. The molecule has 2 rings (SSSR count). The molecule has 0 unspecified atom stereocenters. The Kier molecular flexibility index (Phi) is 3.95. The van der Waals surface area contributed by atoms with E-state index in [1.807, 2.05) is 31.2 Å². The zero-order valence-electron chi connectivity index (χ0n) is 11.0. The Morgan fingerprint density at radius 3 is 2.63 bits per heavy atom. The summed E-state index contributed by atoms with van der Waals surface area (Å²) in [6.07, 6.45) is 0.832. The van der Waals surface area contributed by atoms with Gasteiger partial charge in [0.05, 0.1) is 0 Å². The number of hydrogen-bond acceptors (Lipinski definition) is 1. The Labute approximate surface area is 112 Å². The molecule has 0 aliphatic heterocycles. The predicted octanol–water partition coefficient (Wildman–Crippen LogP) is 3.95. The molecule has 0 atom stereocenters. The SMILES string of the molecule is CCc1ccccc1NC(=O)c1ccc(C)c(F)c1. The molecule has 0 bridgehead atoms. The van der Waals surface area contributed by atoms with Crippen molar-refractivity contribution in [1.82, 2.24) is 0 Å². The molecule has 0 aliphatic rings. The van der Waals surface area contributed by atoms with Crippen molar-refractivity contribution in [2.75, 3.05) is 5.32 Å². The van der Waals surface area contributed by atoms with Crippen molar-refractivity contribution < 1.29 is 9.18 Å². The van der Waals surface area contributed by atoms with Gasteiger partial charge in [-0.25, -0.2) is 4.39 Å². The molecule has 0 saturated heterocycles. The average Bonchev–Trinajstić information content (AvgIpc) is 2.42. The minimum absolute atomic E-state index is 0.292. The second kappa shape index (κ2) is 5.65. The zero-order chi connectivity index (χ0) is 13.8. The molecule has 0 fully saturated rings. The molecule has 2 aromatic rings. The van der Waals surface area contributed by atoms with Crippen molar-refractivity contribution >= 4 is 11.6 Å². The molecule has 3 heteroatoms. The van der Waals surface area contributed by atoms with Crippen molar-refractivity contribution in [3.63, 3.8) is 0 Å². The van der Waals surface area contributed by atoms with Gasteiger partial charge in [0.1, 0.15) is 5.82 Å². The first-order valence-corrected chi connectivity index (χ1v) is 6.27. The van der Waals surface area contributed by atoms with E-state index in [9.17, 15) is 9.18 Å². The number of para-hydroxylation sites is 1. The quantitative estimate of drug-likeness (QED) is 0.886. The van der Waals surface area contributed by atoms with Gasteiger partial charge >= 0.3 is 0 Å². The van der Waals surface area contributed by atoms with Gasteiger partial charge in [-0.3, -0.25) is 4.79 Å². The molecule has 0 radical (unpaired) electrons. The largest absolute Gasteiger partial charge is 0.322 e. The predicted molar refractivity (Wildman–Crippen MR) is 74.9 cm³/mol. The lowest BCUT2D eigenvalue weighted by atomic mass is 10.1. The van der Waals surface area contributed by atoms with Gasteiger partial charge < -0.3 is 5.32 Å². The third-order valence-electron chi connectivity index (χ3n) is 3.08. The van der Waals surface area contributed by atoms with Crippen LogP contribution in [-0.4, -0.2) is 5.91 Å². The molecular formula is C16H16FNO. The van der Waals surface area contributed by atoms with Gasteiger partial charge in [0.25, 0.3) is 5.91 Å². The highest BCUT2D eigenvalue weighted by molar-refractivity contribution is 6.04. The number of halogens is 1. The van der Waals surface area contributed by atoms with E-state index in [4.69, 9.17) is 0 Å². The molecule has 19 heavy (non-hydrogen) atoms. The maximum absolute atomic E-state index is 13.4. The second-order valence-corrected chi connectivity index (χ2v) is 4.43. The number of hydrogen-bond donors (Lipinski definition) is 1. The van der Waals surface area contributed by atoms with Gasteiger partial charge in [-0.2, -0.15) is 0 Å². The maximum atomic E-state index is 13.4. The average molecular weight is 257 g/mol. The van der Waals surface area contributed by atoms with E-state index in [0.29, 0.717) is 11.1 Å². The van der Waals surface area contributed by atoms with Gasteiger partial charge in [-0.05, 0) is 42.7 Å². The third kappa shape index (κ3) is 2.99. The van der Waals surface area contributed by atoms with Gasteiger partial charge in [0.15, 0.2) is 0 Å². The summed E-state index contributed by atoms with van der Waals surface area (Å²) >= 11 is 0. The molecule has 0 heterocycles. The highest BCUT2D eigenvalue weighted by atomic mass is 19.1. The van der Waals surface area contributed by atoms with Crippen LogP contribution in [0, 0.1) is 12.7 Å². The first-order chi connectivity index (χ1) is 9.11. The fourth-order valence-electron chi connectivity index (χ4n) is 1.88. The number of amides is 1. The molecule has 2 aromatic carbocycles. The highest BCUT2D eigenvalue weighted by Crippen LogP contribution is 2.17. The van der Waals surface area contributed by atoms with Crippen LogP contribution in [0.25, 0.3) is 0 Å². The van der Waals surface area contributed by atoms with Crippen molar-refractivity contribution in [3.8, 4) is 0 Å². The first-order valence-electron chi connectivity index (χ1n) is 6.27. The van der Waals surface area contributed by atoms with E-state index in [0.717, 1.165) is 17.7 Å². The number of anilines is 1. The van der Waals surface area contributed by atoms with E-state index < -0.39 is 0 Å². The Hall–Kier alpha value is -2.16. The minimum Gasteiger partial charge on any atom is -0.322 e. The molecule has 0 aliphatic carbocycles. The molecule has 0 aromatic heterocycles. The van der Waals surface area contributed by atoms with Crippen molar-refractivity contribution in [1.29, 1.82) is 0 Å². The van der Waals surface area contributed by atoms with Crippen LogP contribution < -0.4 is 5.32 Å². The van der Waals surface area contributed by atoms with Gasteiger partial charge in [0.2, 0.25) is 0 Å². The lowest BCUT2D eigenvalue weighted by Gasteiger charge is -2.10. The van der Waals surface area contributed by atoms with Crippen LogP contribution in [0.2, 0.25) is 0 Å². The van der Waals surface area contributed by atoms with E-state index in [1.54, 1.807) is 19.1 Å². The number of aryl methyl sites for hydroxylation is 2. The molecule has 1 amide bonds. The Morgan fingerprint density at radius 2 is 1.95 bits per heavy atom. The summed E-state index contributed by atoms with van der Waals surface area (Å²) in [5, 5.41) is 2.82. The summed E-state index contributed by atoms with van der Waals surface area (Å²) in [5.74, 6) is -0.656. The summed E-state index contributed by atoms with van der Waals surface area (Å²) in [7, 11) is 0. The van der Waals surface area contributed by atoms with E-state index in [1.165, 1.54) is 6.07 Å². The number of benzene rings is 2. The number of nitrogens with one attached hydrogen (secondary N) is 1. The molecule has 98 valence electrons. The molecular weight excluding hydrogens is 241 g/mol. The first kappa shape index (κ1) is 13.3. The van der Waals surface area contributed by atoms with E-state index in [2.05, 4.69) is 5.32 Å². The molecule has 2 nitrogen and oxygen atoms in total. The molecule has 1 N–H and O–H groups in total. The van der Waals surface area contributed by atoms with Crippen molar-refractivity contribution in [2.24, 2.45) is 0 Å². The van der Waals surface area contributed by atoms with Crippen LogP contribution in [-0.2, 0) is 6.42 Å². The fraction of sp³-hybridized carbons (Fsp3) is 0.188. The van der Waals surface area contributed by atoms with Crippen molar-refractivity contribution in [3.05, 3.63) is 65.0 Å². The van der Waals surface area contributed by atoms with Gasteiger partial charge in [-0.1, -0.05) is 31.2 Å². The minimum atomic E-state index is -0.364. The number of rotatable bonds is 3. The van der Waals surface area contributed by atoms with Crippen LogP contribution in [0.5, 0.6) is 0 Å². The summed E-state index contributed by atoms with van der Waals surface area (Å²) in [6, 6.07) is 12.1.